The number of thiophene rings is 1. The van der Waals surface area contributed by atoms with E-state index in [9.17, 15) is 0 Å². The van der Waals surface area contributed by atoms with Crippen molar-refractivity contribution in [2.24, 2.45) is 5.92 Å². The summed E-state index contributed by atoms with van der Waals surface area (Å²) in [5.74, 6) is 1.90. The normalized spacial score (nSPS) is 23.1. The van der Waals surface area contributed by atoms with Crippen molar-refractivity contribution in [1.82, 2.24) is 36.1 Å². The molecule has 1 saturated carbocycles. The second-order valence-corrected chi connectivity index (χ2v) is 11.2. The fraction of sp³-hybridized carbons (Fsp3) is 0.300. The van der Waals surface area contributed by atoms with E-state index in [1.165, 1.54) is 22.3 Å². The fourth-order valence-corrected chi connectivity index (χ4v) is 6.80. The molecule has 5 aromatic rings. The van der Waals surface area contributed by atoms with E-state index in [2.05, 4.69) is 96.6 Å². The molecule has 0 radical (unpaired) electrons. The van der Waals surface area contributed by atoms with E-state index in [0.717, 1.165) is 54.9 Å². The van der Waals surface area contributed by atoms with E-state index in [1.807, 2.05) is 12.4 Å². The lowest BCUT2D eigenvalue weighted by Crippen LogP contribution is -2.34. The van der Waals surface area contributed by atoms with Crippen LogP contribution in [0.5, 0.6) is 0 Å². The van der Waals surface area contributed by atoms with Crippen LogP contribution in [0.4, 0.5) is 0 Å². The Hall–Kier alpha value is -3.43. The summed E-state index contributed by atoms with van der Waals surface area (Å²) in [6, 6.07) is 17.7. The minimum atomic E-state index is 0.121. The number of fused-ring (bicyclic) bond motifs is 2. The Kier molecular flexibility index (Phi) is 6.47. The molecule has 4 aromatic heterocycles. The van der Waals surface area contributed by atoms with Gasteiger partial charge in [0, 0.05) is 43.3 Å². The number of pyridine rings is 2. The summed E-state index contributed by atoms with van der Waals surface area (Å²) in [5, 5.41) is 7.84. The Balaban J connectivity index is 1.07. The number of nitrogens with zero attached hydrogens (tertiary/aromatic N) is 3. The van der Waals surface area contributed by atoms with Crippen molar-refractivity contribution in [2.45, 2.75) is 50.4 Å². The number of rotatable bonds is 7. The maximum Gasteiger partial charge on any atom is 0.178 e. The van der Waals surface area contributed by atoms with Crippen molar-refractivity contribution >= 4 is 22.5 Å². The minimum absolute atomic E-state index is 0.121. The van der Waals surface area contributed by atoms with Gasteiger partial charge in [0.2, 0.25) is 0 Å². The van der Waals surface area contributed by atoms with Crippen LogP contribution in [-0.2, 0) is 13.1 Å². The first-order valence-corrected chi connectivity index (χ1v) is 14.3. The summed E-state index contributed by atoms with van der Waals surface area (Å²) >= 11 is 1.71. The molecule has 4 unspecified atom stereocenters. The predicted octanol–water partition coefficient (Wildman–Crippen LogP) is 5.47. The van der Waals surface area contributed by atoms with Gasteiger partial charge in [-0.25, -0.2) is 15.4 Å². The molecule has 2 aliphatic rings. The van der Waals surface area contributed by atoms with Crippen molar-refractivity contribution in [3.8, 4) is 11.1 Å². The number of benzene rings is 1. The van der Waals surface area contributed by atoms with Gasteiger partial charge in [-0.05, 0) is 76.2 Å². The lowest BCUT2D eigenvalue weighted by molar-refractivity contribution is 0.274. The summed E-state index contributed by atoms with van der Waals surface area (Å²) in [4.78, 5) is 17.8. The van der Waals surface area contributed by atoms with Crippen molar-refractivity contribution in [2.75, 3.05) is 0 Å². The molecule has 7 nitrogen and oxygen atoms in total. The number of imidazole rings is 1. The molecule has 0 spiro atoms. The van der Waals surface area contributed by atoms with E-state index in [-0.39, 0.29) is 6.04 Å². The number of aromatic nitrogens is 4. The van der Waals surface area contributed by atoms with Crippen LogP contribution >= 0.6 is 11.3 Å². The summed E-state index contributed by atoms with van der Waals surface area (Å²) in [6.07, 6.45) is 9.30. The molecule has 2 fully saturated rings. The molecule has 38 heavy (non-hydrogen) atoms. The predicted molar refractivity (Wildman–Crippen MR) is 151 cm³/mol. The highest BCUT2D eigenvalue weighted by Gasteiger charge is 2.42. The largest absolute Gasteiger partial charge is 0.339 e. The maximum absolute atomic E-state index is 4.94. The smallest absolute Gasteiger partial charge is 0.178 e. The third-order valence-electron chi connectivity index (χ3n) is 8.08. The lowest BCUT2D eigenvalue weighted by Gasteiger charge is -2.33. The molecule has 7 rings (SSSR count). The Bertz CT molecular complexity index is 1510. The first kappa shape index (κ1) is 23.7. The number of hydrogen-bond acceptors (Lipinski definition) is 7. The average Bonchev–Trinajstić information content (AvgIpc) is 3.73. The van der Waals surface area contributed by atoms with E-state index < -0.39 is 0 Å². The third-order valence-corrected chi connectivity index (χ3v) is 8.76. The molecule has 8 heteroatoms. The summed E-state index contributed by atoms with van der Waals surface area (Å²) < 4.78 is 0. The molecule has 1 aliphatic carbocycles. The van der Waals surface area contributed by atoms with E-state index in [1.54, 1.807) is 11.3 Å². The van der Waals surface area contributed by atoms with Crippen molar-refractivity contribution in [3.05, 3.63) is 100 Å². The molecule has 1 saturated heterocycles. The van der Waals surface area contributed by atoms with Gasteiger partial charge in [-0.1, -0.05) is 36.4 Å². The van der Waals surface area contributed by atoms with E-state index in [4.69, 9.17) is 4.98 Å². The standard InChI is InChI=1S/C30H31N7S/c1-2-4-19(5-3-1)14-31-15-20-12-23(17-32-16-20)21-6-7-26-25(13-21)28(37-36-26)30-34-27-24(22-9-11-38-18-22)8-10-33-29(27)35-30/h1-5,8-12,16-18,21,25-26,28,31,36-37H,6-7,13-15H2,(H,33,34,35). The zero-order valence-electron chi connectivity index (χ0n) is 21.1. The van der Waals surface area contributed by atoms with Crippen LogP contribution in [0, 0.1) is 5.92 Å². The van der Waals surface area contributed by atoms with Crippen molar-refractivity contribution in [3.63, 3.8) is 0 Å². The molecule has 4 atom stereocenters. The van der Waals surface area contributed by atoms with Gasteiger partial charge >= 0.3 is 0 Å². The van der Waals surface area contributed by atoms with Crippen LogP contribution < -0.4 is 16.2 Å². The lowest BCUT2D eigenvalue weighted by atomic mass is 9.73. The van der Waals surface area contributed by atoms with Crippen molar-refractivity contribution < 1.29 is 0 Å². The van der Waals surface area contributed by atoms with Crippen LogP contribution in [0.3, 0.4) is 0 Å². The highest BCUT2D eigenvalue weighted by molar-refractivity contribution is 7.08. The van der Waals surface area contributed by atoms with Gasteiger partial charge in [-0.3, -0.25) is 10.4 Å². The van der Waals surface area contributed by atoms with Gasteiger partial charge in [0.25, 0.3) is 0 Å². The topological polar surface area (TPSA) is 90.6 Å². The molecule has 1 aliphatic heterocycles. The van der Waals surface area contributed by atoms with Gasteiger partial charge in [-0.2, -0.15) is 11.3 Å². The second-order valence-electron chi connectivity index (χ2n) is 10.5. The van der Waals surface area contributed by atoms with Crippen molar-refractivity contribution in [1.29, 1.82) is 0 Å². The van der Waals surface area contributed by atoms with Gasteiger partial charge < -0.3 is 10.3 Å². The Morgan fingerprint density at radius 2 is 1.89 bits per heavy atom. The molecular formula is C30H31N7S. The van der Waals surface area contributed by atoms with E-state index in [0.29, 0.717) is 17.9 Å². The SMILES string of the molecule is c1ccc(CNCc2cncc(C3CCC4NNC(c5nc6nccc(-c7ccsc7)c6[nH]5)C4C3)c2)cc1. The second kappa shape index (κ2) is 10.4. The Labute approximate surface area is 226 Å². The highest BCUT2D eigenvalue weighted by atomic mass is 32.1. The number of nitrogens with one attached hydrogen (secondary N) is 4. The monoisotopic (exact) mass is 521 g/mol. The molecule has 4 N–H and O–H groups in total. The zero-order valence-corrected chi connectivity index (χ0v) is 21.9. The Morgan fingerprint density at radius 3 is 2.79 bits per heavy atom. The first-order chi connectivity index (χ1) is 18.8. The Morgan fingerprint density at radius 1 is 0.974 bits per heavy atom. The van der Waals surface area contributed by atoms with Crippen LogP contribution in [0.2, 0.25) is 0 Å². The molecule has 0 bridgehead atoms. The van der Waals surface area contributed by atoms with Crippen LogP contribution in [0.1, 0.15) is 53.7 Å². The zero-order chi connectivity index (χ0) is 25.3. The fourth-order valence-electron chi connectivity index (χ4n) is 6.14. The summed E-state index contributed by atoms with van der Waals surface area (Å²) in [6.45, 7) is 1.68. The number of aromatic amines is 1. The molecular weight excluding hydrogens is 490 g/mol. The number of hydrogen-bond donors (Lipinski definition) is 4. The van der Waals surface area contributed by atoms with Gasteiger partial charge in [0.1, 0.15) is 5.82 Å². The third kappa shape index (κ3) is 4.65. The first-order valence-electron chi connectivity index (χ1n) is 13.4. The minimum Gasteiger partial charge on any atom is -0.339 e. The quantitative estimate of drug-likeness (QED) is 0.227. The number of hydrazine groups is 1. The van der Waals surface area contributed by atoms with Gasteiger partial charge in [0.15, 0.2) is 5.65 Å². The van der Waals surface area contributed by atoms with Gasteiger partial charge in [-0.15, -0.1) is 0 Å². The highest BCUT2D eigenvalue weighted by Crippen LogP contribution is 2.44. The van der Waals surface area contributed by atoms with Gasteiger partial charge in [0.05, 0.1) is 11.6 Å². The average molecular weight is 522 g/mol. The summed E-state index contributed by atoms with van der Waals surface area (Å²) in [7, 11) is 0. The number of H-pyrrole nitrogens is 1. The molecule has 0 amide bonds. The molecule has 1 aromatic carbocycles. The van der Waals surface area contributed by atoms with E-state index >= 15 is 0 Å². The van der Waals surface area contributed by atoms with Crippen LogP contribution in [0.25, 0.3) is 22.3 Å². The van der Waals surface area contributed by atoms with Crippen LogP contribution in [-0.4, -0.2) is 26.0 Å². The van der Waals surface area contributed by atoms with Crippen LogP contribution in [0.15, 0.2) is 77.9 Å². The maximum atomic E-state index is 4.94. The molecule has 5 heterocycles. The molecule has 192 valence electrons. The summed E-state index contributed by atoms with van der Waals surface area (Å²) in [5.41, 5.74) is 15.2.